The van der Waals surface area contributed by atoms with Crippen LogP contribution in [0.4, 0.5) is 0 Å². The van der Waals surface area contributed by atoms with E-state index in [-0.39, 0.29) is 36.1 Å². The van der Waals surface area contributed by atoms with Crippen LogP contribution in [0.25, 0.3) is 0 Å². The van der Waals surface area contributed by atoms with Crippen molar-refractivity contribution in [1.82, 2.24) is 19.7 Å². The van der Waals surface area contributed by atoms with Gasteiger partial charge in [-0.15, -0.1) is 0 Å². The van der Waals surface area contributed by atoms with Gasteiger partial charge < -0.3 is 19.4 Å². The van der Waals surface area contributed by atoms with Gasteiger partial charge in [0.2, 0.25) is 11.8 Å². The Morgan fingerprint density at radius 1 is 1.15 bits per heavy atom. The van der Waals surface area contributed by atoms with Crippen LogP contribution in [0.2, 0.25) is 0 Å². The van der Waals surface area contributed by atoms with E-state index < -0.39 is 0 Å². The number of nitrogens with zero attached hydrogens (tertiary/aromatic N) is 4. The number of aryl methyl sites for hydroxylation is 1. The average molecular weight is 372 g/mol. The zero-order chi connectivity index (χ0) is 19.0. The number of pyridine rings is 1. The second kappa shape index (κ2) is 7.26. The van der Waals surface area contributed by atoms with Crippen molar-refractivity contribution in [3.8, 4) is 0 Å². The van der Waals surface area contributed by atoms with Gasteiger partial charge in [0.1, 0.15) is 0 Å². The molecule has 1 aromatic heterocycles. The first-order valence-corrected chi connectivity index (χ1v) is 9.41. The van der Waals surface area contributed by atoms with E-state index >= 15 is 0 Å². The summed E-state index contributed by atoms with van der Waals surface area (Å²) in [6, 6.07) is 3.53. The predicted molar refractivity (Wildman–Crippen MR) is 95.9 cm³/mol. The van der Waals surface area contributed by atoms with Gasteiger partial charge in [-0.1, -0.05) is 0 Å². The summed E-state index contributed by atoms with van der Waals surface area (Å²) >= 11 is 0. The normalized spacial score (nSPS) is 23.5. The van der Waals surface area contributed by atoms with Gasteiger partial charge in [-0.05, 0) is 19.1 Å². The maximum atomic E-state index is 12.6. The summed E-state index contributed by atoms with van der Waals surface area (Å²) in [7, 11) is 0. The van der Waals surface area contributed by atoms with Gasteiger partial charge in [0.15, 0.2) is 0 Å². The molecular weight excluding hydrogens is 348 g/mol. The third-order valence-electron chi connectivity index (χ3n) is 5.66. The molecule has 1 aromatic rings. The minimum absolute atomic E-state index is 0.000849. The molecule has 0 aromatic carbocycles. The monoisotopic (exact) mass is 372 g/mol. The minimum atomic E-state index is -0.277. The number of morpholine rings is 1. The number of rotatable bonds is 3. The molecule has 3 aliphatic heterocycles. The van der Waals surface area contributed by atoms with Gasteiger partial charge >= 0.3 is 0 Å². The first kappa shape index (κ1) is 17.9. The lowest BCUT2D eigenvalue weighted by Crippen LogP contribution is -2.61. The maximum absolute atomic E-state index is 12.6. The van der Waals surface area contributed by atoms with Gasteiger partial charge in [0.05, 0.1) is 30.7 Å². The molecule has 1 unspecified atom stereocenters. The van der Waals surface area contributed by atoms with Crippen molar-refractivity contribution < 1.29 is 19.1 Å². The zero-order valence-corrected chi connectivity index (χ0v) is 15.5. The Kier molecular flexibility index (Phi) is 4.82. The molecule has 4 heterocycles. The predicted octanol–water partition coefficient (Wildman–Crippen LogP) is -0.0783. The van der Waals surface area contributed by atoms with Crippen LogP contribution in [0.15, 0.2) is 18.3 Å². The van der Waals surface area contributed by atoms with E-state index in [1.165, 1.54) is 0 Å². The number of likely N-dealkylation sites (tertiary alicyclic amines) is 2. The summed E-state index contributed by atoms with van der Waals surface area (Å²) in [4.78, 5) is 47.1. The van der Waals surface area contributed by atoms with Crippen LogP contribution >= 0.6 is 0 Å². The minimum Gasteiger partial charge on any atom is -0.378 e. The Morgan fingerprint density at radius 3 is 2.59 bits per heavy atom. The van der Waals surface area contributed by atoms with Gasteiger partial charge in [-0.3, -0.25) is 19.4 Å². The number of hydrogen-bond acceptors (Lipinski definition) is 5. The second-order valence-electron chi connectivity index (χ2n) is 7.39. The Hall–Kier alpha value is -2.48. The van der Waals surface area contributed by atoms with Crippen molar-refractivity contribution in [1.29, 1.82) is 0 Å². The van der Waals surface area contributed by atoms with E-state index in [2.05, 4.69) is 4.98 Å². The fourth-order valence-corrected chi connectivity index (χ4v) is 3.99. The maximum Gasteiger partial charge on any atom is 0.255 e. The molecule has 144 valence electrons. The fraction of sp³-hybridized carbons (Fsp3) is 0.579. The Bertz CT molecular complexity index is 756. The molecule has 3 fully saturated rings. The van der Waals surface area contributed by atoms with Crippen LogP contribution in [-0.4, -0.2) is 89.4 Å². The Labute approximate surface area is 158 Å². The summed E-state index contributed by atoms with van der Waals surface area (Å²) < 4.78 is 5.29. The average Bonchev–Trinajstić information content (AvgIpc) is 3.02. The lowest BCUT2D eigenvalue weighted by molar-refractivity contribution is -0.139. The van der Waals surface area contributed by atoms with E-state index in [1.807, 2.05) is 6.92 Å². The largest absolute Gasteiger partial charge is 0.378 e. The lowest BCUT2D eigenvalue weighted by Gasteiger charge is -2.44. The zero-order valence-electron chi connectivity index (χ0n) is 15.5. The van der Waals surface area contributed by atoms with Gasteiger partial charge in [-0.25, -0.2) is 0 Å². The summed E-state index contributed by atoms with van der Waals surface area (Å²) in [5.41, 5.74) is 1.31. The fourth-order valence-electron chi connectivity index (χ4n) is 3.99. The van der Waals surface area contributed by atoms with Crippen molar-refractivity contribution in [2.75, 3.05) is 45.9 Å². The third-order valence-corrected chi connectivity index (χ3v) is 5.66. The van der Waals surface area contributed by atoms with Crippen LogP contribution < -0.4 is 0 Å². The van der Waals surface area contributed by atoms with Crippen LogP contribution in [-0.2, 0) is 14.3 Å². The molecule has 1 atom stereocenters. The molecule has 0 N–H and O–H groups in total. The SMILES string of the molecule is Cc1ncccc1C(=O)N1CC(N2CC(C(=O)N3CCOCC3)CC2=O)C1. The van der Waals surface area contributed by atoms with Gasteiger partial charge in [0, 0.05) is 51.0 Å². The number of carbonyl (C=O) groups is 3. The third kappa shape index (κ3) is 3.41. The Balaban J connectivity index is 1.33. The van der Waals surface area contributed by atoms with E-state index in [4.69, 9.17) is 4.74 Å². The molecule has 4 rings (SSSR count). The topological polar surface area (TPSA) is 83.1 Å². The summed E-state index contributed by atoms with van der Waals surface area (Å²) in [6.45, 7) is 5.60. The number of hydrogen-bond donors (Lipinski definition) is 0. The smallest absolute Gasteiger partial charge is 0.255 e. The lowest BCUT2D eigenvalue weighted by atomic mass is 10.0. The molecule has 0 saturated carbocycles. The quantitative estimate of drug-likeness (QED) is 0.741. The number of aromatic nitrogens is 1. The van der Waals surface area contributed by atoms with Crippen molar-refractivity contribution in [3.05, 3.63) is 29.6 Å². The van der Waals surface area contributed by atoms with Crippen LogP contribution in [0.1, 0.15) is 22.5 Å². The number of amides is 3. The molecule has 27 heavy (non-hydrogen) atoms. The van der Waals surface area contributed by atoms with Gasteiger partial charge in [0.25, 0.3) is 5.91 Å². The molecule has 0 bridgehead atoms. The summed E-state index contributed by atoms with van der Waals surface area (Å²) in [6.07, 6.45) is 1.93. The van der Waals surface area contributed by atoms with Crippen molar-refractivity contribution in [3.63, 3.8) is 0 Å². The standard InChI is InChI=1S/C19H24N4O4/c1-13-16(3-2-4-20-13)19(26)22-11-15(12-22)23-10-14(9-17(23)24)18(25)21-5-7-27-8-6-21/h2-4,14-15H,5-12H2,1H3. The molecule has 0 radical (unpaired) electrons. The highest BCUT2D eigenvalue weighted by atomic mass is 16.5. The van der Waals surface area contributed by atoms with E-state index in [1.54, 1.807) is 33.0 Å². The van der Waals surface area contributed by atoms with Crippen LogP contribution in [0.3, 0.4) is 0 Å². The summed E-state index contributed by atoms with van der Waals surface area (Å²) in [5, 5.41) is 0. The van der Waals surface area contributed by atoms with E-state index in [0.29, 0.717) is 57.2 Å². The van der Waals surface area contributed by atoms with Crippen molar-refractivity contribution >= 4 is 17.7 Å². The summed E-state index contributed by atoms with van der Waals surface area (Å²) in [5.74, 6) is -0.269. The molecular formula is C19H24N4O4. The number of carbonyl (C=O) groups excluding carboxylic acids is 3. The molecule has 0 spiro atoms. The van der Waals surface area contributed by atoms with Crippen molar-refractivity contribution in [2.45, 2.75) is 19.4 Å². The molecule has 8 nitrogen and oxygen atoms in total. The second-order valence-corrected chi connectivity index (χ2v) is 7.39. The molecule has 0 aliphatic carbocycles. The first-order valence-electron chi connectivity index (χ1n) is 9.41. The van der Waals surface area contributed by atoms with Gasteiger partial charge in [-0.2, -0.15) is 0 Å². The van der Waals surface area contributed by atoms with Crippen LogP contribution in [0, 0.1) is 12.8 Å². The highest BCUT2D eigenvalue weighted by molar-refractivity contribution is 5.96. The van der Waals surface area contributed by atoms with E-state index in [9.17, 15) is 14.4 Å². The van der Waals surface area contributed by atoms with Crippen molar-refractivity contribution in [2.24, 2.45) is 5.92 Å². The first-order chi connectivity index (χ1) is 13.0. The molecule has 3 aliphatic rings. The molecule has 8 heteroatoms. The highest BCUT2D eigenvalue weighted by Gasteiger charge is 2.44. The van der Waals surface area contributed by atoms with E-state index in [0.717, 1.165) is 0 Å². The van der Waals surface area contributed by atoms with Crippen LogP contribution in [0.5, 0.6) is 0 Å². The number of ether oxygens (including phenoxy) is 1. The highest BCUT2D eigenvalue weighted by Crippen LogP contribution is 2.27. The molecule has 3 saturated heterocycles. The Morgan fingerprint density at radius 2 is 1.89 bits per heavy atom. The molecule has 3 amide bonds.